The molecule has 0 saturated carbocycles. The maximum atomic E-state index is 2.44. The zero-order valence-corrected chi connectivity index (χ0v) is 21.1. The van der Waals surface area contributed by atoms with Gasteiger partial charge in [0.2, 0.25) is 0 Å². The molecule has 0 amide bonds. The van der Waals surface area contributed by atoms with Crippen molar-refractivity contribution in [3.63, 3.8) is 0 Å². The van der Waals surface area contributed by atoms with E-state index in [4.69, 9.17) is 0 Å². The highest BCUT2D eigenvalue weighted by molar-refractivity contribution is 6.86. The normalized spacial score (nSPS) is 21.0. The number of benzene rings is 3. The molecule has 1 radical (unpaired) electrons. The van der Waals surface area contributed by atoms with Gasteiger partial charge in [-0.1, -0.05) is 142 Å². The Morgan fingerprint density at radius 1 is 0.600 bits per heavy atom. The molecule has 167 valence electrons. The van der Waals surface area contributed by atoms with Crippen molar-refractivity contribution in [2.45, 2.75) is 25.7 Å². The van der Waals surface area contributed by atoms with E-state index in [0.29, 0.717) is 11.8 Å². The molecule has 4 aliphatic rings. The first-order valence-electron chi connectivity index (χ1n) is 12.5. The lowest BCUT2D eigenvalue weighted by atomic mass is 9.91. The highest BCUT2D eigenvalue weighted by atomic mass is 28.3. The van der Waals surface area contributed by atoms with Crippen molar-refractivity contribution in [2.24, 2.45) is 0 Å². The minimum absolute atomic E-state index is 0.350. The fourth-order valence-electron chi connectivity index (χ4n) is 6.31. The van der Waals surface area contributed by atoms with Crippen molar-refractivity contribution in [2.75, 3.05) is 0 Å². The van der Waals surface area contributed by atoms with Crippen molar-refractivity contribution >= 4 is 26.1 Å². The van der Waals surface area contributed by atoms with Gasteiger partial charge in [0.1, 0.15) is 8.80 Å². The van der Waals surface area contributed by atoms with Crippen LogP contribution in [0.3, 0.4) is 0 Å². The molecular weight excluding hydrogens is 436 g/mol. The third-order valence-electron chi connectivity index (χ3n) is 7.81. The van der Waals surface area contributed by atoms with Gasteiger partial charge in [0, 0.05) is 11.8 Å². The van der Waals surface area contributed by atoms with E-state index in [-0.39, 0.29) is 0 Å². The third kappa shape index (κ3) is 3.26. The van der Waals surface area contributed by atoms with Crippen LogP contribution in [-0.2, 0) is 0 Å². The van der Waals surface area contributed by atoms with Gasteiger partial charge in [-0.25, -0.2) is 0 Å². The van der Waals surface area contributed by atoms with Crippen molar-refractivity contribution in [3.8, 4) is 0 Å². The minimum Gasteiger partial charge on any atom is -0.0655 e. The van der Waals surface area contributed by atoms with E-state index in [2.05, 4.69) is 129 Å². The Morgan fingerprint density at radius 2 is 1.11 bits per heavy atom. The first-order valence-corrected chi connectivity index (χ1v) is 14.0. The minimum atomic E-state index is -1.19. The molecule has 0 nitrogen and oxygen atoms in total. The summed E-state index contributed by atoms with van der Waals surface area (Å²) in [7, 11) is -1.19. The monoisotopic (exact) mass is 463 g/mol. The Bertz CT molecular complexity index is 1460. The third-order valence-corrected chi connectivity index (χ3v) is 10.8. The smallest absolute Gasteiger partial charge is 0.0655 e. The van der Waals surface area contributed by atoms with E-state index in [1.165, 1.54) is 49.7 Å². The predicted octanol–water partition coefficient (Wildman–Crippen LogP) is 7.44. The second kappa shape index (κ2) is 7.93. The Labute approximate surface area is 209 Å². The summed E-state index contributed by atoms with van der Waals surface area (Å²) in [4.78, 5) is 0. The van der Waals surface area contributed by atoms with Crippen LogP contribution in [0.5, 0.6) is 0 Å². The molecule has 7 rings (SSSR count). The van der Waals surface area contributed by atoms with Crippen LogP contribution in [0.2, 0.25) is 0 Å². The summed E-state index contributed by atoms with van der Waals surface area (Å²) >= 11 is 0. The zero-order valence-electron chi connectivity index (χ0n) is 20.1. The quantitative estimate of drug-likeness (QED) is 0.354. The summed E-state index contributed by atoms with van der Waals surface area (Å²) in [5, 5.41) is 4.64. The van der Waals surface area contributed by atoms with E-state index in [9.17, 15) is 0 Å². The lowest BCUT2D eigenvalue weighted by molar-refractivity contribution is 0.990. The van der Waals surface area contributed by atoms with E-state index >= 15 is 0 Å². The second-order valence-corrected chi connectivity index (χ2v) is 12.6. The van der Waals surface area contributed by atoms with Crippen LogP contribution >= 0.6 is 0 Å². The Hall–Kier alpha value is -3.68. The molecule has 0 fully saturated rings. The fourth-order valence-corrected chi connectivity index (χ4v) is 9.58. The van der Waals surface area contributed by atoms with Crippen LogP contribution in [0, 0.1) is 13.8 Å². The number of hydrogen-bond donors (Lipinski definition) is 0. The van der Waals surface area contributed by atoms with Crippen molar-refractivity contribution in [1.29, 1.82) is 0 Å². The maximum absolute atomic E-state index is 2.44. The maximum Gasteiger partial charge on any atom is 0.148 e. The SMILES string of the molecule is Cc1ccc2c(c1)C=C1C=CC=C([Si](C3=CC=CC4=Cc5cc(C)ccc5C43)c3ccccc3)C12. The Balaban J connectivity index is 1.41. The number of allylic oxidation sites excluding steroid dienone is 10. The van der Waals surface area contributed by atoms with Gasteiger partial charge in [0.15, 0.2) is 0 Å². The highest BCUT2D eigenvalue weighted by Crippen LogP contribution is 2.49. The molecule has 0 bridgehead atoms. The average molecular weight is 464 g/mol. The van der Waals surface area contributed by atoms with Crippen molar-refractivity contribution in [3.05, 3.63) is 158 Å². The molecular formula is C34H27Si. The number of hydrogen-bond acceptors (Lipinski definition) is 0. The van der Waals surface area contributed by atoms with Crippen LogP contribution in [0.1, 0.15) is 45.2 Å². The number of fused-ring (bicyclic) bond motifs is 6. The molecule has 3 aromatic carbocycles. The van der Waals surface area contributed by atoms with E-state index in [0.717, 1.165) is 0 Å². The molecule has 4 aliphatic carbocycles. The summed E-state index contributed by atoms with van der Waals surface area (Å²) in [5.74, 6) is 0.700. The highest BCUT2D eigenvalue weighted by Gasteiger charge is 2.40. The molecule has 0 aromatic heterocycles. The molecule has 3 aromatic rings. The molecule has 2 unspecified atom stereocenters. The van der Waals surface area contributed by atoms with Gasteiger partial charge in [0.05, 0.1) is 0 Å². The van der Waals surface area contributed by atoms with Crippen LogP contribution in [0.15, 0.2) is 125 Å². The molecule has 0 N–H and O–H groups in total. The standard InChI is InChI=1S/C34H27Si/c1-22-14-16-29-26(18-22)20-24-8-6-12-31(33(24)29)35(28-10-4-3-5-11-28)32-13-7-9-25-21-27-19-23(2)15-17-30(27)34(25)32/h3-21,33-34H,1-2H3. The van der Waals surface area contributed by atoms with Gasteiger partial charge in [-0.05, 0) is 47.2 Å². The topological polar surface area (TPSA) is 0 Å². The first kappa shape index (κ1) is 20.7. The fraction of sp³-hybridized carbons (Fsp3) is 0.118. The largest absolute Gasteiger partial charge is 0.148 e. The molecule has 35 heavy (non-hydrogen) atoms. The van der Waals surface area contributed by atoms with Crippen LogP contribution < -0.4 is 5.19 Å². The summed E-state index contributed by atoms with van der Waals surface area (Å²) in [6.45, 7) is 4.39. The summed E-state index contributed by atoms with van der Waals surface area (Å²) in [6, 6.07) is 25.3. The first-order chi connectivity index (χ1) is 17.2. The average Bonchev–Trinajstić information content (AvgIpc) is 3.42. The Kier molecular flexibility index (Phi) is 4.68. The summed E-state index contributed by atoms with van der Waals surface area (Å²) in [5.41, 5.74) is 11.2. The van der Waals surface area contributed by atoms with E-state index in [1.54, 1.807) is 10.4 Å². The molecule has 0 aliphatic heterocycles. The second-order valence-electron chi connectivity index (χ2n) is 10.1. The number of rotatable bonds is 3. The molecule has 2 atom stereocenters. The summed E-state index contributed by atoms with van der Waals surface area (Å²) in [6.07, 6.45) is 18.9. The van der Waals surface area contributed by atoms with E-state index in [1.807, 2.05) is 0 Å². The van der Waals surface area contributed by atoms with Gasteiger partial charge in [-0.3, -0.25) is 0 Å². The van der Waals surface area contributed by atoms with Crippen molar-refractivity contribution < 1.29 is 0 Å². The van der Waals surface area contributed by atoms with Gasteiger partial charge in [-0.2, -0.15) is 0 Å². The van der Waals surface area contributed by atoms with E-state index < -0.39 is 8.80 Å². The summed E-state index contributed by atoms with van der Waals surface area (Å²) < 4.78 is 0. The molecule has 0 saturated heterocycles. The van der Waals surface area contributed by atoms with Gasteiger partial charge in [-0.15, -0.1) is 0 Å². The van der Waals surface area contributed by atoms with Gasteiger partial charge >= 0.3 is 0 Å². The zero-order chi connectivity index (χ0) is 23.5. The predicted molar refractivity (Wildman–Crippen MR) is 150 cm³/mol. The number of aryl methyl sites for hydroxylation is 2. The van der Waals surface area contributed by atoms with Crippen molar-refractivity contribution in [1.82, 2.24) is 0 Å². The molecule has 0 spiro atoms. The van der Waals surface area contributed by atoms with Crippen LogP contribution in [0.4, 0.5) is 0 Å². The lowest BCUT2D eigenvalue weighted by Crippen LogP contribution is -2.40. The van der Waals surface area contributed by atoms with Crippen LogP contribution in [0.25, 0.3) is 12.2 Å². The van der Waals surface area contributed by atoms with Crippen LogP contribution in [-0.4, -0.2) is 8.80 Å². The molecule has 1 heteroatoms. The lowest BCUT2D eigenvalue weighted by Gasteiger charge is -2.34. The molecule has 0 heterocycles. The van der Waals surface area contributed by atoms with Gasteiger partial charge < -0.3 is 0 Å². The van der Waals surface area contributed by atoms with Gasteiger partial charge in [0.25, 0.3) is 0 Å². The Morgan fingerprint density at radius 3 is 1.63 bits per heavy atom.